The van der Waals surface area contributed by atoms with Gasteiger partial charge < -0.3 is 9.64 Å². The first-order valence-corrected chi connectivity index (χ1v) is 8.92. The summed E-state index contributed by atoms with van der Waals surface area (Å²) >= 11 is 0. The van der Waals surface area contributed by atoms with Crippen LogP contribution in [0.15, 0.2) is 54.6 Å². The Kier molecular flexibility index (Phi) is 4.45. The smallest absolute Gasteiger partial charge is 0.227 e. The summed E-state index contributed by atoms with van der Waals surface area (Å²) in [4.78, 5) is 17.3. The number of rotatable bonds is 5. The first kappa shape index (κ1) is 16.2. The number of carbonyl (C=O) groups excluding carboxylic acids is 1. The summed E-state index contributed by atoms with van der Waals surface area (Å²) in [7, 11) is 1.67. The molecule has 0 aromatic heterocycles. The van der Waals surface area contributed by atoms with Gasteiger partial charge in [-0.3, -0.25) is 9.69 Å². The van der Waals surface area contributed by atoms with Crippen molar-refractivity contribution in [1.82, 2.24) is 9.80 Å². The molecule has 0 N–H and O–H groups in total. The van der Waals surface area contributed by atoms with Gasteiger partial charge >= 0.3 is 0 Å². The number of benzene rings is 2. The van der Waals surface area contributed by atoms with Crippen molar-refractivity contribution in [3.8, 4) is 5.75 Å². The lowest BCUT2D eigenvalue weighted by Gasteiger charge is -2.32. The maximum Gasteiger partial charge on any atom is 0.227 e. The van der Waals surface area contributed by atoms with Gasteiger partial charge in [0.25, 0.3) is 0 Å². The average molecular weight is 336 g/mol. The van der Waals surface area contributed by atoms with Crippen LogP contribution in [0.25, 0.3) is 0 Å². The molecule has 2 saturated heterocycles. The molecule has 2 aliphatic rings. The molecule has 2 aromatic rings. The number of fused-ring (bicyclic) bond motifs is 2. The maximum atomic E-state index is 12.8. The van der Waals surface area contributed by atoms with Gasteiger partial charge in [0.15, 0.2) is 0 Å². The number of likely N-dealkylation sites (tertiary alicyclic amines) is 2. The van der Waals surface area contributed by atoms with E-state index in [-0.39, 0.29) is 5.92 Å². The number of hydrogen-bond acceptors (Lipinski definition) is 3. The normalized spacial score (nSPS) is 23.1. The largest absolute Gasteiger partial charge is 0.497 e. The van der Waals surface area contributed by atoms with E-state index in [0.717, 1.165) is 37.4 Å². The van der Waals surface area contributed by atoms with Gasteiger partial charge in [-0.25, -0.2) is 0 Å². The molecule has 2 heterocycles. The molecule has 0 spiro atoms. The number of piperidine rings is 1. The zero-order valence-electron chi connectivity index (χ0n) is 14.6. The number of nitrogens with zero attached hydrogens (tertiary/aromatic N) is 2. The van der Waals surface area contributed by atoms with E-state index in [1.165, 1.54) is 5.56 Å². The molecule has 4 heteroatoms. The van der Waals surface area contributed by atoms with Crippen LogP contribution >= 0.6 is 0 Å². The molecule has 0 saturated carbocycles. The van der Waals surface area contributed by atoms with Crippen LogP contribution < -0.4 is 4.74 Å². The molecular formula is C21H24N2O2. The Morgan fingerprint density at radius 3 is 2.40 bits per heavy atom. The molecule has 2 bridgehead atoms. The van der Waals surface area contributed by atoms with Crippen LogP contribution in [0.5, 0.6) is 5.75 Å². The van der Waals surface area contributed by atoms with E-state index in [1.807, 2.05) is 18.2 Å². The van der Waals surface area contributed by atoms with Crippen molar-refractivity contribution in [2.75, 3.05) is 20.2 Å². The number of carbonyl (C=O) groups is 1. The van der Waals surface area contributed by atoms with E-state index in [2.05, 4.69) is 46.2 Å². The molecule has 0 aliphatic carbocycles. The molecule has 1 amide bonds. The predicted octanol–water partition coefficient (Wildman–Crippen LogP) is 2.93. The van der Waals surface area contributed by atoms with E-state index in [4.69, 9.17) is 4.74 Å². The van der Waals surface area contributed by atoms with Crippen LogP contribution in [0.4, 0.5) is 0 Å². The number of amides is 1. The van der Waals surface area contributed by atoms with Gasteiger partial charge in [0, 0.05) is 32.2 Å². The zero-order chi connectivity index (χ0) is 17.2. The molecule has 2 atom stereocenters. The van der Waals surface area contributed by atoms with Crippen LogP contribution in [0.3, 0.4) is 0 Å². The Hall–Kier alpha value is -2.33. The SMILES string of the molecule is COc1ccc(CN2C(=O)[C@H]3C[C@@H]2CN(Cc2ccccc2)C3)cc1. The molecule has 2 fully saturated rings. The molecule has 0 radical (unpaired) electrons. The average Bonchev–Trinajstić information content (AvgIpc) is 2.86. The van der Waals surface area contributed by atoms with E-state index in [9.17, 15) is 4.79 Å². The summed E-state index contributed by atoms with van der Waals surface area (Å²) in [6.07, 6.45) is 1.00. The third-order valence-corrected chi connectivity index (χ3v) is 5.34. The van der Waals surface area contributed by atoms with Gasteiger partial charge in [0.05, 0.1) is 13.0 Å². The highest BCUT2D eigenvalue weighted by Crippen LogP contribution is 2.33. The minimum Gasteiger partial charge on any atom is -0.497 e. The summed E-state index contributed by atoms with van der Waals surface area (Å²) in [6, 6.07) is 18.9. The van der Waals surface area contributed by atoms with Crippen LogP contribution in [0.2, 0.25) is 0 Å². The molecule has 2 aromatic carbocycles. The standard InChI is InChI=1S/C21H24N2O2/c1-25-20-9-7-17(8-10-20)13-23-19-11-18(21(23)24)14-22(15-19)12-16-5-3-2-4-6-16/h2-10,18-19H,11-15H2,1H3/t18-,19+/m0/s1. The first-order valence-electron chi connectivity index (χ1n) is 8.92. The van der Waals surface area contributed by atoms with Crippen LogP contribution in [0, 0.1) is 5.92 Å². The lowest BCUT2D eigenvalue weighted by Crippen LogP contribution is -2.41. The van der Waals surface area contributed by atoms with Crippen LogP contribution in [-0.2, 0) is 17.9 Å². The highest BCUT2D eigenvalue weighted by molar-refractivity contribution is 5.82. The van der Waals surface area contributed by atoms with Crippen molar-refractivity contribution in [2.45, 2.75) is 25.6 Å². The summed E-state index contributed by atoms with van der Waals surface area (Å²) in [5.74, 6) is 1.32. The number of hydrogen-bond donors (Lipinski definition) is 0. The Morgan fingerprint density at radius 1 is 0.960 bits per heavy atom. The molecule has 25 heavy (non-hydrogen) atoms. The Balaban J connectivity index is 1.44. The highest BCUT2D eigenvalue weighted by Gasteiger charge is 2.44. The Labute approximate surface area is 149 Å². The Bertz CT molecular complexity index is 729. The maximum absolute atomic E-state index is 12.8. The molecular weight excluding hydrogens is 312 g/mol. The van der Waals surface area contributed by atoms with Gasteiger partial charge in [-0.05, 0) is 29.7 Å². The fourth-order valence-corrected chi connectivity index (χ4v) is 4.09. The second-order valence-corrected chi connectivity index (χ2v) is 7.08. The van der Waals surface area contributed by atoms with E-state index >= 15 is 0 Å². The van der Waals surface area contributed by atoms with Gasteiger partial charge in [0.1, 0.15) is 5.75 Å². The fraction of sp³-hybridized carbons (Fsp3) is 0.381. The third kappa shape index (κ3) is 3.40. The lowest BCUT2D eigenvalue weighted by molar-refractivity contribution is -0.131. The minimum absolute atomic E-state index is 0.153. The first-order chi connectivity index (χ1) is 12.2. The Morgan fingerprint density at radius 2 is 1.68 bits per heavy atom. The quantitative estimate of drug-likeness (QED) is 0.842. The molecule has 4 nitrogen and oxygen atoms in total. The summed E-state index contributed by atoms with van der Waals surface area (Å²) in [5.41, 5.74) is 2.48. The fourth-order valence-electron chi connectivity index (χ4n) is 4.09. The van der Waals surface area contributed by atoms with Crippen molar-refractivity contribution in [3.63, 3.8) is 0 Å². The monoisotopic (exact) mass is 336 g/mol. The summed E-state index contributed by atoms with van der Waals surface area (Å²) in [5, 5.41) is 0. The van der Waals surface area contributed by atoms with Gasteiger partial charge in [-0.2, -0.15) is 0 Å². The van der Waals surface area contributed by atoms with Crippen LogP contribution in [0.1, 0.15) is 17.5 Å². The second-order valence-electron chi connectivity index (χ2n) is 7.08. The minimum atomic E-state index is 0.153. The number of ether oxygens (including phenoxy) is 1. The second kappa shape index (κ2) is 6.89. The van der Waals surface area contributed by atoms with Gasteiger partial charge in [0.2, 0.25) is 5.91 Å². The van der Waals surface area contributed by atoms with E-state index < -0.39 is 0 Å². The third-order valence-electron chi connectivity index (χ3n) is 5.34. The molecule has 130 valence electrons. The topological polar surface area (TPSA) is 32.8 Å². The van der Waals surface area contributed by atoms with Crippen molar-refractivity contribution in [2.24, 2.45) is 5.92 Å². The van der Waals surface area contributed by atoms with Crippen molar-refractivity contribution >= 4 is 5.91 Å². The highest BCUT2D eigenvalue weighted by atomic mass is 16.5. The van der Waals surface area contributed by atoms with Crippen molar-refractivity contribution in [1.29, 1.82) is 0 Å². The summed E-state index contributed by atoms with van der Waals surface area (Å²) in [6.45, 7) is 3.47. The van der Waals surface area contributed by atoms with Crippen LogP contribution in [-0.4, -0.2) is 41.9 Å². The lowest BCUT2D eigenvalue weighted by atomic mass is 9.99. The van der Waals surface area contributed by atoms with Gasteiger partial charge in [-0.1, -0.05) is 42.5 Å². The molecule has 0 unspecified atom stereocenters. The summed E-state index contributed by atoms with van der Waals surface area (Å²) < 4.78 is 5.21. The van der Waals surface area contributed by atoms with Crippen molar-refractivity contribution < 1.29 is 9.53 Å². The number of methoxy groups -OCH3 is 1. The molecule has 2 aliphatic heterocycles. The van der Waals surface area contributed by atoms with E-state index in [1.54, 1.807) is 7.11 Å². The molecule has 4 rings (SSSR count). The van der Waals surface area contributed by atoms with Gasteiger partial charge in [-0.15, -0.1) is 0 Å². The van der Waals surface area contributed by atoms with Crippen molar-refractivity contribution in [3.05, 3.63) is 65.7 Å². The zero-order valence-corrected chi connectivity index (χ0v) is 14.6. The predicted molar refractivity (Wildman–Crippen MR) is 97.2 cm³/mol. The van der Waals surface area contributed by atoms with E-state index in [0.29, 0.717) is 18.5 Å².